The van der Waals surface area contributed by atoms with Gasteiger partial charge in [-0.05, 0) is 54.8 Å². The molecule has 2 aromatic carbocycles. The fraction of sp³-hybridized carbons (Fsp3) is 0.375. The van der Waals surface area contributed by atoms with Crippen LogP contribution < -0.4 is 44.3 Å². The molecule has 150 valence electrons. The van der Waals surface area contributed by atoms with E-state index in [4.69, 9.17) is 4.74 Å². The summed E-state index contributed by atoms with van der Waals surface area (Å²) in [4.78, 5) is 14.7. The van der Waals surface area contributed by atoms with Gasteiger partial charge < -0.3 is 14.7 Å². The van der Waals surface area contributed by atoms with E-state index >= 15 is 0 Å². The number of anilines is 1. The molecule has 0 heterocycles. The maximum Gasteiger partial charge on any atom is 1.00 e. The van der Waals surface area contributed by atoms with Gasteiger partial charge in [-0.3, -0.25) is 4.79 Å². The van der Waals surface area contributed by atoms with E-state index in [1.165, 1.54) is 56.7 Å². The molecule has 4 nitrogen and oxygen atoms in total. The maximum atomic E-state index is 12.3. The smallest absolute Gasteiger partial charge is 0.872 e. The molecule has 0 unspecified atom stereocenters. The summed E-state index contributed by atoms with van der Waals surface area (Å²) in [6.45, 7) is 6.54. The Morgan fingerprint density at radius 2 is 1.66 bits per heavy atom. The number of benzene rings is 2. The van der Waals surface area contributed by atoms with Gasteiger partial charge in [-0.1, -0.05) is 50.6 Å². The van der Waals surface area contributed by atoms with Gasteiger partial charge in [0.05, 0.1) is 7.11 Å². The predicted molar refractivity (Wildman–Crippen MR) is 114 cm³/mol. The van der Waals surface area contributed by atoms with Crippen molar-refractivity contribution >= 4 is 17.5 Å². The van der Waals surface area contributed by atoms with Crippen LogP contribution in [0.15, 0.2) is 48.5 Å². The summed E-state index contributed by atoms with van der Waals surface area (Å²) in [5.41, 5.74) is 2.30. The Morgan fingerprint density at radius 1 is 1.03 bits per heavy atom. The van der Waals surface area contributed by atoms with E-state index in [0.717, 1.165) is 18.7 Å². The minimum Gasteiger partial charge on any atom is -0.872 e. The number of ketones is 1. The Balaban J connectivity index is 0.00000420. The number of unbranched alkanes of at least 4 members (excludes halogenated alkanes) is 2. The van der Waals surface area contributed by atoms with Crippen molar-refractivity contribution in [1.29, 1.82) is 0 Å². The Morgan fingerprint density at radius 3 is 2.17 bits per heavy atom. The fourth-order valence-corrected chi connectivity index (χ4v) is 2.96. The average molecular weight is 403 g/mol. The first-order valence-electron chi connectivity index (χ1n) is 10.0. The molecule has 0 saturated heterocycles. The van der Waals surface area contributed by atoms with Crippen molar-refractivity contribution in [3.8, 4) is 11.5 Å². The number of ether oxygens (including phenoxy) is 1. The second-order valence-electron chi connectivity index (χ2n) is 6.85. The predicted octanol–water partition coefficient (Wildman–Crippen LogP) is 2.08. The van der Waals surface area contributed by atoms with Crippen LogP contribution in [0.5, 0.6) is 11.5 Å². The summed E-state index contributed by atoms with van der Waals surface area (Å²) in [6, 6.07) is 12.7. The van der Waals surface area contributed by atoms with Gasteiger partial charge in [-0.2, -0.15) is 0 Å². The van der Waals surface area contributed by atoms with Crippen molar-refractivity contribution in [3.63, 3.8) is 0 Å². The first-order valence-corrected chi connectivity index (χ1v) is 10.0. The average Bonchev–Trinajstić information content (AvgIpc) is 2.72. The number of carbonyl (C=O) groups is 1. The third-order valence-corrected chi connectivity index (χ3v) is 4.70. The molecule has 0 amide bonds. The van der Waals surface area contributed by atoms with E-state index in [2.05, 4.69) is 30.9 Å². The first kappa shape index (κ1) is 25.3. The minimum atomic E-state index is -0.327. The molecule has 0 aromatic heterocycles. The first-order chi connectivity index (χ1) is 13.6. The van der Waals surface area contributed by atoms with Crippen molar-refractivity contribution in [1.82, 2.24) is 0 Å². The third-order valence-electron chi connectivity index (χ3n) is 4.70. The third kappa shape index (κ3) is 7.88. The van der Waals surface area contributed by atoms with Crippen LogP contribution in [0.25, 0.3) is 6.08 Å². The van der Waals surface area contributed by atoms with Gasteiger partial charge in [0, 0.05) is 24.3 Å². The molecule has 0 fully saturated rings. The molecule has 0 spiro atoms. The topological polar surface area (TPSA) is 52.6 Å². The quantitative estimate of drug-likeness (QED) is 0.328. The monoisotopic (exact) mass is 403 g/mol. The van der Waals surface area contributed by atoms with Crippen LogP contribution in [0.1, 0.15) is 55.5 Å². The maximum absolute atomic E-state index is 12.3. The molecule has 0 N–H and O–H groups in total. The molecule has 0 bridgehead atoms. The Labute approximate surface area is 196 Å². The van der Waals surface area contributed by atoms with Crippen LogP contribution in [0.2, 0.25) is 0 Å². The summed E-state index contributed by atoms with van der Waals surface area (Å²) >= 11 is 0. The zero-order valence-electron chi connectivity index (χ0n) is 18.1. The van der Waals surface area contributed by atoms with E-state index in [1.54, 1.807) is 12.1 Å². The van der Waals surface area contributed by atoms with Gasteiger partial charge in [0.15, 0.2) is 5.78 Å². The molecule has 0 saturated carbocycles. The molecule has 2 rings (SSSR count). The summed E-state index contributed by atoms with van der Waals surface area (Å²) < 4.78 is 5.01. The summed E-state index contributed by atoms with van der Waals surface area (Å²) in [5.74, 6) is -0.173. The Hall–Kier alpha value is -1.75. The van der Waals surface area contributed by atoms with Gasteiger partial charge >= 0.3 is 29.6 Å². The standard InChI is InChI=1S/C24H31NO3.Na/c1-4-6-16-25(17-7-5-2)20-11-8-19(9-12-20)10-15-23(26)22-14-13-21(28-3)18-24(22)27;/h8-15,18,27H,4-7,16-17H2,1-3H3;/q;+1/p-1/b15-10+;. The van der Waals surface area contributed by atoms with Gasteiger partial charge in [0.1, 0.15) is 5.75 Å². The molecular formula is C24H30NNaO3. The number of carbonyl (C=O) groups excluding carboxylic acids is 1. The number of allylic oxidation sites excluding steroid dienone is 1. The van der Waals surface area contributed by atoms with Crippen molar-refractivity contribution in [2.24, 2.45) is 0 Å². The normalized spacial score (nSPS) is 10.6. The molecule has 0 aliphatic carbocycles. The minimum absolute atomic E-state index is 0. The van der Waals surface area contributed by atoms with E-state index in [0.29, 0.717) is 5.75 Å². The fourth-order valence-electron chi connectivity index (χ4n) is 2.96. The molecule has 0 radical (unpaired) electrons. The second-order valence-corrected chi connectivity index (χ2v) is 6.85. The number of hydrogen-bond acceptors (Lipinski definition) is 4. The van der Waals surface area contributed by atoms with Gasteiger partial charge in [-0.15, -0.1) is 0 Å². The van der Waals surface area contributed by atoms with Crippen LogP contribution in [0.4, 0.5) is 5.69 Å². The number of rotatable bonds is 11. The Kier molecular flexibility index (Phi) is 11.7. The number of hydrogen-bond donors (Lipinski definition) is 0. The number of nitrogens with zero attached hydrogens (tertiary/aromatic N) is 1. The van der Waals surface area contributed by atoms with E-state index < -0.39 is 0 Å². The second kappa shape index (κ2) is 13.5. The molecule has 5 heteroatoms. The van der Waals surface area contributed by atoms with Crippen molar-refractivity contribution in [3.05, 3.63) is 59.7 Å². The Bertz CT molecular complexity index is 779. The molecule has 0 aliphatic rings. The molecule has 0 aliphatic heterocycles. The number of methoxy groups -OCH3 is 1. The van der Waals surface area contributed by atoms with Crippen LogP contribution in [-0.2, 0) is 0 Å². The van der Waals surface area contributed by atoms with Gasteiger partial charge in [0.2, 0.25) is 0 Å². The van der Waals surface area contributed by atoms with Crippen molar-refractivity contribution in [2.45, 2.75) is 39.5 Å². The van der Waals surface area contributed by atoms with Crippen LogP contribution >= 0.6 is 0 Å². The SMILES string of the molecule is CCCCN(CCCC)c1ccc(/C=C/C(=O)c2ccc(OC)cc2[O-])cc1.[Na+]. The van der Waals surface area contributed by atoms with Gasteiger partial charge in [-0.25, -0.2) is 0 Å². The zero-order chi connectivity index (χ0) is 20.4. The molecule has 2 aromatic rings. The zero-order valence-corrected chi connectivity index (χ0v) is 20.1. The molecule has 29 heavy (non-hydrogen) atoms. The summed E-state index contributed by atoms with van der Waals surface area (Å²) in [6.07, 6.45) is 7.91. The molecule has 0 atom stereocenters. The van der Waals surface area contributed by atoms with Gasteiger partial charge in [0.25, 0.3) is 0 Å². The van der Waals surface area contributed by atoms with Crippen molar-refractivity contribution < 1.29 is 44.2 Å². The van der Waals surface area contributed by atoms with Crippen LogP contribution in [-0.4, -0.2) is 26.0 Å². The van der Waals surface area contributed by atoms with Crippen LogP contribution in [0.3, 0.4) is 0 Å². The van der Waals surface area contributed by atoms with Crippen molar-refractivity contribution in [2.75, 3.05) is 25.1 Å². The molecular weight excluding hydrogens is 373 g/mol. The summed E-state index contributed by atoms with van der Waals surface area (Å²) in [5, 5.41) is 12.0. The van der Waals surface area contributed by atoms with Crippen LogP contribution in [0, 0.1) is 0 Å². The van der Waals surface area contributed by atoms with E-state index in [-0.39, 0.29) is 46.7 Å². The van der Waals surface area contributed by atoms with E-state index in [1.807, 2.05) is 12.1 Å². The largest absolute Gasteiger partial charge is 1.00 e. The van der Waals surface area contributed by atoms with E-state index in [9.17, 15) is 9.90 Å². The summed E-state index contributed by atoms with van der Waals surface area (Å²) in [7, 11) is 1.49.